The molecule has 0 fully saturated rings. The van der Waals surface area contributed by atoms with Gasteiger partial charge in [0, 0.05) is 5.54 Å². The number of ether oxygens (including phenoxy) is 1. The van der Waals surface area contributed by atoms with Gasteiger partial charge in [-0.3, -0.25) is 0 Å². The van der Waals surface area contributed by atoms with E-state index in [9.17, 15) is 10.4 Å². The van der Waals surface area contributed by atoms with E-state index >= 15 is 0 Å². The fraction of sp³-hybridized carbons (Fsp3) is 0.258. The van der Waals surface area contributed by atoms with Crippen LogP contribution in [0.15, 0.2) is 84.9 Å². The zero-order chi connectivity index (χ0) is 25.0. The van der Waals surface area contributed by atoms with Crippen molar-refractivity contribution in [3.63, 3.8) is 0 Å². The first kappa shape index (κ1) is 24.5. The largest absolute Gasteiger partial charge is 0.484 e. The summed E-state index contributed by atoms with van der Waals surface area (Å²) in [5.74, 6) is 0.335. The minimum absolute atomic E-state index is 0.0104. The summed E-state index contributed by atoms with van der Waals surface area (Å²) in [5, 5.41) is 21.6. The Balaban J connectivity index is 1.72. The molecule has 178 valence electrons. The quantitative estimate of drug-likeness (QED) is 0.309. The van der Waals surface area contributed by atoms with Crippen LogP contribution in [-0.2, 0) is 13.0 Å². The number of aliphatic hydroxyl groups excluding tert-OH is 1. The first-order valence-corrected chi connectivity index (χ1v) is 11.9. The number of rotatable bonds is 8. The summed E-state index contributed by atoms with van der Waals surface area (Å²) >= 11 is 0. The molecule has 0 spiro atoms. The number of fused-ring (bicyclic) bond motifs is 1. The molecule has 0 radical (unpaired) electrons. The third-order valence-electron chi connectivity index (χ3n) is 6.23. The van der Waals surface area contributed by atoms with Crippen LogP contribution in [0.2, 0.25) is 0 Å². The molecule has 0 aliphatic rings. The molecule has 35 heavy (non-hydrogen) atoms. The van der Waals surface area contributed by atoms with E-state index in [1.54, 1.807) is 0 Å². The summed E-state index contributed by atoms with van der Waals surface area (Å²) < 4.78 is 6.49. The molecule has 0 saturated carbocycles. The van der Waals surface area contributed by atoms with Crippen molar-refractivity contribution in [3.05, 3.63) is 102 Å². The highest BCUT2D eigenvalue weighted by Crippen LogP contribution is 2.36. The average Bonchev–Trinajstić information content (AvgIpc) is 2.87. The molecule has 4 aromatic rings. The lowest BCUT2D eigenvalue weighted by molar-refractivity contribution is 0.169. The lowest BCUT2D eigenvalue weighted by atomic mass is 9.84. The molecule has 0 amide bonds. The van der Waals surface area contributed by atoms with E-state index in [1.807, 2.05) is 81.4 Å². The minimum Gasteiger partial charge on any atom is -0.484 e. The monoisotopic (exact) mass is 464 g/mol. The highest BCUT2D eigenvalue weighted by molar-refractivity contribution is 5.87. The van der Waals surface area contributed by atoms with Crippen molar-refractivity contribution < 1.29 is 9.84 Å². The fourth-order valence-electron chi connectivity index (χ4n) is 4.50. The summed E-state index contributed by atoms with van der Waals surface area (Å²) in [7, 11) is 0. The van der Waals surface area contributed by atoms with Crippen LogP contribution in [-0.4, -0.2) is 10.6 Å². The molecular weight excluding hydrogens is 432 g/mol. The third kappa shape index (κ3) is 5.71. The van der Waals surface area contributed by atoms with Crippen LogP contribution in [0.25, 0.3) is 21.9 Å². The van der Waals surface area contributed by atoms with Gasteiger partial charge in [-0.25, -0.2) is 0 Å². The Labute approximate surface area is 207 Å². The second kappa shape index (κ2) is 10.3. The van der Waals surface area contributed by atoms with E-state index in [2.05, 4.69) is 30.3 Å². The van der Waals surface area contributed by atoms with Crippen molar-refractivity contribution in [2.24, 2.45) is 11.7 Å². The molecule has 2 atom stereocenters. The van der Waals surface area contributed by atoms with Crippen molar-refractivity contribution in [1.82, 2.24) is 0 Å². The van der Waals surface area contributed by atoms with E-state index in [0.29, 0.717) is 12.2 Å². The van der Waals surface area contributed by atoms with Crippen LogP contribution >= 0.6 is 0 Å². The molecule has 3 N–H and O–H groups in total. The van der Waals surface area contributed by atoms with Gasteiger partial charge in [-0.15, -0.1) is 0 Å². The molecule has 0 aromatic heterocycles. The van der Waals surface area contributed by atoms with Crippen LogP contribution in [0.5, 0.6) is 5.75 Å². The maximum absolute atomic E-state index is 9.85. The van der Waals surface area contributed by atoms with Gasteiger partial charge in [0.2, 0.25) is 0 Å². The molecule has 4 heteroatoms. The number of benzene rings is 4. The molecular formula is C31H32N2O2. The van der Waals surface area contributed by atoms with E-state index in [1.165, 1.54) is 0 Å². The lowest BCUT2D eigenvalue weighted by Crippen LogP contribution is -2.35. The van der Waals surface area contributed by atoms with Gasteiger partial charge in [0.25, 0.3) is 0 Å². The first-order chi connectivity index (χ1) is 16.8. The molecule has 0 saturated heterocycles. The van der Waals surface area contributed by atoms with Gasteiger partial charge in [-0.1, -0.05) is 66.7 Å². The van der Waals surface area contributed by atoms with Gasteiger partial charge < -0.3 is 15.6 Å². The molecule has 4 rings (SSSR count). The molecule has 0 heterocycles. The molecule has 4 nitrogen and oxygen atoms in total. The normalized spacial score (nSPS) is 13.3. The van der Waals surface area contributed by atoms with Gasteiger partial charge in [-0.2, -0.15) is 5.26 Å². The Kier molecular flexibility index (Phi) is 7.21. The number of nitrogens with two attached hydrogens (primary N) is 1. The van der Waals surface area contributed by atoms with Gasteiger partial charge in [-0.05, 0) is 84.0 Å². The summed E-state index contributed by atoms with van der Waals surface area (Å²) in [6.45, 7) is 5.95. The van der Waals surface area contributed by atoms with E-state index < -0.39 is 11.6 Å². The summed E-state index contributed by atoms with van der Waals surface area (Å²) in [4.78, 5) is 0. The minimum atomic E-state index is -0.439. The van der Waals surface area contributed by atoms with E-state index in [0.717, 1.165) is 38.6 Å². The zero-order valence-electron chi connectivity index (χ0n) is 20.5. The fourth-order valence-corrected chi connectivity index (χ4v) is 4.50. The smallest absolute Gasteiger partial charge is 0.139 e. The van der Waals surface area contributed by atoms with Gasteiger partial charge in [0.15, 0.2) is 0 Å². The van der Waals surface area contributed by atoms with Gasteiger partial charge >= 0.3 is 0 Å². The predicted octanol–water partition coefficient (Wildman–Crippen LogP) is 6.56. The summed E-state index contributed by atoms with van der Waals surface area (Å²) in [5.41, 5.74) is 11.1. The highest BCUT2D eigenvalue weighted by Gasteiger charge is 2.27. The Bertz CT molecular complexity index is 1350. The predicted molar refractivity (Wildman–Crippen MR) is 142 cm³/mol. The number of nitriles is 1. The number of nitrogens with zero attached hydrogens (tertiary/aromatic N) is 1. The summed E-state index contributed by atoms with van der Waals surface area (Å²) in [6, 6.07) is 30.6. The maximum Gasteiger partial charge on any atom is 0.139 e. The molecule has 4 aromatic carbocycles. The van der Waals surface area contributed by atoms with Crippen molar-refractivity contribution in [2.75, 3.05) is 0 Å². The van der Waals surface area contributed by atoms with Crippen molar-refractivity contribution in [2.45, 2.75) is 45.4 Å². The second-order valence-electron chi connectivity index (χ2n) is 9.86. The van der Waals surface area contributed by atoms with Crippen LogP contribution in [0.4, 0.5) is 0 Å². The van der Waals surface area contributed by atoms with Gasteiger partial charge in [0.1, 0.15) is 11.9 Å². The second-order valence-corrected chi connectivity index (χ2v) is 9.86. The SMILES string of the molecule is CC(C#N)C(Oc1ccc(-c2cccc(CO)c2)cc1)c1ccc2ccccc2c1CC(C)(C)N. The Morgan fingerprint density at radius 1 is 0.943 bits per heavy atom. The van der Waals surface area contributed by atoms with Crippen LogP contribution in [0, 0.1) is 17.2 Å². The molecule has 0 aliphatic carbocycles. The van der Waals surface area contributed by atoms with Crippen LogP contribution in [0.1, 0.15) is 43.6 Å². The Morgan fingerprint density at radius 3 is 2.37 bits per heavy atom. The van der Waals surface area contributed by atoms with Crippen LogP contribution < -0.4 is 10.5 Å². The number of hydrogen-bond donors (Lipinski definition) is 2. The molecule has 0 bridgehead atoms. The highest BCUT2D eigenvalue weighted by atomic mass is 16.5. The number of hydrogen-bond acceptors (Lipinski definition) is 4. The first-order valence-electron chi connectivity index (χ1n) is 11.9. The average molecular weight is 465 g/mol. The maximum atomic E-state index is 9.85. The Morgan fingerprint density at radius 2 is 1.69 bits per heavy atom. The van der Waals surface area contributed by atoms with Crippen molar-refractivity contribution in [3.8, 4) is 22.9 Å². The zero-order valence-corrected chi connectivity index (χ0v) is 20.5. The van der Waals surface area contributed by atoms with E-state index in [-0.39, 0.29) is 12.5 Å². The van der Waals surface area contributed by atoms with Crippen molar-refractivity contribution >= 4 is 10.8 Å². The third-order valence-corrected chi connectivity index (χ3v) is 6.23. The topological polar surface area (TPSA) is 79.3 Å². The van der Waals surface area contributed by atoms with Crippen LogP contribution in [0.3, 0.4) is 0 Å². The van der Waals surface area contributed by atoms with E-state index in [4.69, 9.17) is 10.5 Å². The standard InChI is InChI=1S/C31H32N2O2/c1-21(19-32)30(28-16-13-24-8-4-5-10-27(24)29(28)18-31(2,3)33)35-26-14-11-23(12-15-26)25-9-6-7-22(17-25)20-34/h4-17,21,30,34H,18,20,33H2,1-3H3. The van der Waals surface area contributed by atoms with Gasteiger partial charge in [0.05, 0.1) is 18.6 Å². The molecule has 2 unspecified atom stereocenters. The summed E-state index contributed by atoms with van der Waals surface area (Å²) in [6.07, 6.45) is 0.229. The molecule has 0 aliphatic heterocycles. The number of aliphatic hydroxyl groups is 1. The van der Waals surface area contributed by atoms with Crippen molar-refractivity contribution in [1.29, 1.82) is 5.26 Å². The lowest BCUT2D eigenvalue weighted by Gasteiger charge is -2.28. The Hall–Kier alpha value is -3.65.